The van der Waals surface area contributed by atoms with Gasteiger partial charge in [-0.05, 0) is 18.6 Å². The van der Waals surface area contributed by atoms with Gasteiger partial charge in [0.05, 0.1) is 28.8 Å². The number of H-pyrrole nitrogens is 2. The van der Waals surface area contributed by atoms with E-state index < -0.39 is 21.2 Å². The van der Waals surface area contributed by atoms with E-state index in [0.29, 0.717) is 38.4 Å². The number of carbonyl (C=O) groups is 1. The van der Waals surface area contributed by atoms with Gasteiger partial charge in [-0.1, -0.05) is 18.5 Å². The van der Waals surface area contributed by atoms with Crippen LogP contribution in [0.4, 0.5) is 5.69 Å². The predicted octanol–water partition coefficient (Wildman–Crippen LogP) is 1.39. The Morgan fingerprint density at radius 2 is 1.93 bits per heavy atom. The number of sulfone groups is 1. The summed E-state index contributed by atoms with van der Waals surface area (Å²) in [5.74, 6) is -0.547. The zero-order valence-electron chi connectivity index (χ0n) is 15.0. The van der Waals surface area contributed by atoms with Crippen LogP contribution in [0, 0.1) is 0 Å². The summed E-state index contributed by atoms with van der Waals surface area (Å²) >= 11 is 6.52. The lowest BCUT2D eigenvalue weighted by atomic mass is 10.0. The Morgan fingerprint density at radius 1 is 1.26 bits per heavy atom. The normalized spacial score (nSPS) is 15.1. The number of hydrogen-bond donors (Lipinski definition) is 2. The molecule has 1 saturated heterocycles. The van der Waals surface area contributed by atoms with Crippen LogP contribution < -0.4 is 10.5 Å². The molecule has 0 aliphatic carbocycles. The fourth-order valence-electron chi connectivity index (χ4n) is 3.14. The minimum absolute atomic E-state index is 0.0144. The number of hydrogen-bond acceptors (Lipinski definition) is 6. The minimum atomic E-state index is -3.57. The van der Waals surface area contributed by atoms with E-state index in [4.69, 9.17) is 16.3 Å². The van der Waals surface area contributed by atoms with Crippen molar-refractivity contribution < 1.29 is 17.9 Å². The summed E-state index contributed by atoms with van der Waals surface area (Å²) in [5.41, 5.74) is 0.289. The van der Waals surface area contributed by atoms with Crippen LogP contribution in [-0.4, -0.2) is 57.0 Å². The summed E-state index contributed by atoms with van der Waals surface area (Å²) in [6, 6.07) is 2.72. The Hall–Kier alpha value is -2.10. The van der Waals surface area contributed by atoms with Crippen molar-refractivity contribution in [2.24, 2.45) is 0 Å². The summed E-state index contributed by atoms with van der Waals surface area (Å²) in [5, 5.41) is 5.11. The van der Waals surface area contributed by atoms with E-state index in [2.05, 4.69) is 10.2 Å². The Balaban J connectivity index is 2.19. The maximum absolute atomic E-state index is 13.0. The highest BCUT2D eigenvalue weighted by Crippen LogP contribution is 2.37. The van der Waals surface area contributed by atoms with Crippen molar-refractivity contribution in [2.45, 2.75) is 18.2 Å². The standard InChI is InChI=1S/C17H20ClN3O5S/c1-3-11-13(17(23)20-19-11)16(22)10-4-5-12(27(2,24)25)15(14(10)18)21-6-8-26-9-7-21/h4-5H,3,6-9H2,1-2H3,(H2,19,20,23). The molecule has 1 aliphatic rings. The molecule has 146 valence electrons. The van der Waals surface area contributed by atoms with E-state index in [0.717, 1.165) is 6.26 Å². The molecule has 0 bridgehead atoms. The van der Waals surface area contributed by atoms with Gasteiger partial charge in [0, 0.05) is 30.6 Å². The molecule has 3 rings (SSSR count). The largest absolute Gasteiger partial charge is 0.378 e. The number of aromatic amines is 2. The molecule has 27 heavy (non-hydrogen) atoms. The van der Waals surface area contributed by atoms with Gasteiger partial charge in [0.2, 0.25) is 5.78 Å². The quantitative estimate of drug-likeness (QED) is 0.716. The molecular weight excluding hydrogens is 394 g/mol. The van der Waals surface area contributed by atoms with Gasteiger partial charge in [-0.25, -0.2) is 8.42 Å². The summed E-state index contributed by atoms with van der Waals surface area (Å²) < 4.78 is 29.8. The molecule has 1 fully saturated rings. The van der Waals surface area contributed by atoms with E-state index >= 15 is 0 Å². The maximum atomic E-state index is 13.0. The van der Waals surface area contributed by atoms with Crippen molar-refractivity contribution in [1.82, 2.24) is 10.2 Å². The zero-order valence-corrected chi connectivity index (χ0v) is 16.5. The van der Waals surface area contributed by atoms with Crippen LogP contribution in [0.5, 0.6) is 0 Å². The second-order valence-electron chi connectivity index (χ2n) is 6.26. The van der Waals surface area contributed by atoms with E-state index in [1.165, 1.54) is 12.1 Å². The first-order chi connectivity index (χ1) is 12.8. The summed E-state index contributed by atoms with van der Waals surface area (Å²) in [6.45, 7) is 3.56. The second-order valence-corrected chi connectivity index (χ2v) is 8.62. The third-order valence-corrected chi connectivity index (χ3v) is 6.00. The SMILES string of the molecule is CCc1[nH][nH]c(=O)c1C(=O)c1ccc(S(C)(=O)=O)c(N2CCOCC2)c1Cl. The molecule has 2 N–H and O–H groups in total. The first-order valence-corrected chi connectivity index (χ1v) is 10.7. The van der Waals surface area contributed by atoms with Gasteiger partial charge in [0.15, 0.2) is 9.84 Å². The fraction of sp³-hybridized carbons (Fsp3) is 0.412. The first kappa shape index (κ1) is 19.7. The number of ether oxygens (including phenoxy) is 1. The van der Waals surface area contributed by atoms with Crippen LogP contribution in [0.2, 0.25) is 5.02 Å². The van der Waals surface area contributed by atoms with Gasteiger partial charge in [-0.3, -0.25) is 14.7 Å². The number of carbonyl (C=O) groups excluding carboxylic acids is 1. The van der Waals surface area contributed by atoms with Crippen molar-refractivity contribution in [3.8, 4) is 0 Å². The molecule has 0 atom stereocenters. The number of halogens is 1. The summed E-state index contributed by atoms with van der Waals surface area (Å²) in [6.07, 6.45) is 1.55. The highest BCUT2D eigenvalue weighted by atomic mass is 35.5. The van der Waals surface area contributed by atoms with E-state index in [1.54, 1.807) is 4.90 Å². The number of benzene rings is 1. The predicted molar refractivity (Wildman–Crippen MR) is 102 cm³/mol. The lowest BCUT2D eigenvalue weighted by Gasteiger charge is -2.31. The van der Waals surface area contributed by atoms with Gasteiger partial charge in [0.25, 0.3) is 5.56 Å². The van der Waals surface area contributed by atoms with Crippen LogP contribution >= 0.6 is 11.6 Å². The number of rotatable bonds is 5. The number of morpholine rings is 1. The Morgan fingerprint density at radius 3 is 2.52 bits per heavy atom. The lowest BCUT2D eigenvalue weighted by molar-refractivity contribution is 0.103. The van der Waals surface area contributed by atoms with Crippen LogP contribution in [0.1, 0.15) is 28.5 Å². The third kappa shape index (κ3) is 3.67. The lowest BCUT2D eigenvalue weighted by Crippen LogP contribution is -2.37. The van der Waals surface area contributed by atoms with Gasteiger partial charge < -0.3 is 14.7 Å². The number of anilines is 1. The highest BCUT2D eigenvalue weighted by molar-refractivity contribution is 7.90. The average molecular weight is 414 g/mol. The Bertz CT molecular complexity index is 1040. The molecule has 2 heterocycles. The smallest absolute Gasteiger partial charge is 0.275 e. The van der Waals surface area contributed by atoms with Gasteiger partial charge >= 0.3 is 0 Å². The van der Waals surface area contributed by atoms with Gasteiger partial charge in [0.1, 0.15) is 5.56 Å². The van der Waals surface area contributed by atoms with Crippen molar-refractivity contribution in [3.63, 3.8) is 0 Å². The number of nitrogens with one attached hydrogen (secondary N) is 2. The number of aromatic nitrogens is 2. The molecule has 0 unspecified atom stereocenters. The van der Waals surface area contributed by atoms with Crippen molar-refractivity contribution in [2.75, 3.05) is 37.5 Å². The molecule has 0 saturated carbocycles. The van der Waals surface area contributed by atoms with E-state index in [1.807, 2.05) is 6.92 Å². The number of nitrogens with zero attached hydrogens (tertiary/aromatic N) is 1. The van der Waals surface area contributed by atoms with Crippen LogP contribution in [0.15, 0.2) is 21.8 Å². The van der Waals surface area contributed by atoms with Crippen LogP contribution in [0.25, 0.3) is 0 Å². The fourth-order valence-corrected chi connectivity index (χ4v) is 4.46. The maximum Gasteiger partial charge on any atom is 0.275 e. The summed E-state index contributed by atoms with van der Waals surface area (Å²) in [4.78, 5) is 26.9. The molecule has 2 aromatic rings. The van der Waals surface area contributed by atoms with Crippen LogP contribution in [0.3, 0.4) is 0 Å². The molecule has 8 nitrogen and oxygen atoms in total. The monoisotopic (exact) mass is 413 g/mol. The summed E-state index contributed by atoms with van der Waals surface area (Å²) in [7, 11) is -3.57. The van der Waals surface area contributed by atoms with E-state index in [9.17, 15) is 18.0 Å². The first-order valence-electron chi connectivity index (χ1n) is 8.45. The van der Waals surface area contributed by atoms with E-state index in [-0.39, 0.29) is 26.7 Å². The molecule has 10 heteroatoms. The minimum Gasteiger partial charge on any atom is -0.378 e. The second kappa shape index (κ2) is 7.49. The number of ketones is 1. The van der Waals surface area contributed by atoms with Crippen LogP contribution in [-0.2, 0) is 21.0 Å². The Kier molecular flexibility index (Phi) is 5.45. The molecule has 1 aromatic heterocycles. The molecule has 1 aliphatic heterocycles. The van der Waals surface area contributed by atoms with Crippen molar-refractivity contribution in [3.05, 3.63) is 44.3 Å². The zero-order chi connectivity index (χ0) is 19.8. The molecule has 0 amide bonds. The van der Waals surface area contributed by atoms with Gasteiger partial charge in [-0.2, -0.15) is 0 Å². The molecule has 1 aromatic carbocycles. The topological polar surface area (TPSA) is 112 Å². The highest BCUT2D eigenvalue weighted by Gasteiger charge is 2.28. The average Bonchev–Trinajstić information content (AvgIpc) is 3.01. The van der Waals surface area contributed by atoms with Gasteiger partial charge in [-0.15, -0.1) is 0 Å². The third-order valence-electron chi connectivity index (χ3n) is 4.49. The van der Waals surface area contributed by atoms with Crippen molar-refractivity contribution in [1.29, 1.82) is 0 Å². The molecule has 0 radical (unpaired) electrons. The number of aryl methyl sites for hydroxylation is 1. The molecule has 0 spiro atoms. The molecular formula is C17H20ClN3O5S. The van der Waals surface area contributed by atoms with Crippen molar-refractivity contribution >= 4 is 32.9 Å². The Labute approximate surface area is 161 Å².